The number of nitrogens with zero attached hydrogens (tertiary/aromatic N) is 6. The minimum Gasteiger partial charge on any atom is -0.435 e. The van der Waals surface area contributed by atoms with E-state index in [-0.39, 0.29) is 0 Å². The second-order valence-corrected chi connectivity index (χ2v) is 17.0. The van der Waals surface area contributed by atoms with Gasteiger partial charge in [-0.25, -0.2) is 9.97 Å². The molecule has 4 heterocycles. The highest BCUT2D eigenvalue weighted by molar-refractivity contribution is 6.23. The summed E-state index contributed by atoms with van der Waals surface area (Å²) in [6.45, 7) is 0. The number of aromatic nitrogens is 6. The molecule has 0 amide bonds. The van der Waals surface area contributed by atoms with Gasteiger partial charge in [0.25, 0.3) is 0 Å². The number of rotatable bonds is 6. The normalized spacial score (nSPS) is 11.9. The Kier molecular flexibility index (Phi) is 8.15. The van der Waals surface area contributed by atoms with E-state index < -0.39 is 0 Å². The van der Waals surface area contributed by atoms with E-state index in [1.807, 2.05) is 54.6 Å². The van der Waals surface area contributed by atoms with E-state index in [4.69, 9.17) is 24.4 Å². The molecule has 0 saturated carbocycles. The van der Waals surface area contributed by atoms with Crippen LogP contribution in [0.3, 0.4) is 0 Å². The minimum atomic E-state index is 0.540. The Morgan fingerprint density at radius 1 is 0.343 bits per heavy atom. The van der Waals surface area contributed by atoms with E-state index in [1.165, 1.54) is 16.2 Å². The first-order valence-electron chi connectivity index (χ1n) is 22.5. The third-order valence-electron chi connectivity index (χ3n) is 13.2. The second-order valence-electron chi connectivity index (χ2n) is 17.0. The Hall–Kier alpha value is -9.20. The Labute approximate surface area is 383 Å². The van der Waals surface area contributed by atoms with E-state index in [9.17, 15) is 0 Å². The van der Waals surface area contributed by atoms with Crippen molar-refractivity contribution in [3.8, 4) is 57.0 Å². The smallest absolute Gasteiger partial charge is 0.238 e. The molecule has 4 aromatic heterocycles. The molecule has 0 spiro atoms. The molecule has 0 bridgehead atoms. The van der Waals surface area contributed by atoms with Gasteiger partial charge in [-0.3, -0.25) is 4.57 Å². The maximum absolute atomic E-state index is 6.55. The molecule has 0 aliphatic rings. The van der Waals surface area contributed by atoms with Crippen LogP contribution in [-0.4, -0.2) is 29.1 Å². The lowest BCUT2D eigenvalue weighted by Gasteiger charge is -2.14. The molecule has 10 aromatic carbocycles. The summed E-state index contributed by atoms with van der Waals surface area (Å²) in [5, 5.41) is 9.23. The number of oxazole rings is 1. The van der Waals surface area contributed by atoms with Gasteiger partial charge in [-0.05, 0) is 75.6 Å². The van der Waals surface area contributed by atoms with Crippen LogP contribution in [0, 0.1) is 0 Å². The van der Waals surface area contributed by atoms with Crippen molar-refractivity contribution in [1.82, 2.24) is 29.1 Å². The molecule has 7 heteroatoms. The van der Waals surface area contributed by atoms with Gasteiger partial charge in [-0.2, -0.15) is 9.97 Å². The first-order chi connectivity index (χ1) is 33.2. The zero-order chi connectivity index (χ0) is 44.0. The molecule has 0 aliphatic heterocycles. The van der Waals surface area contributed by atoms with Crippen molar-refractivity contribution < 1.29 is 4.42 Å². The van der Waals surface area contributed by atoms with Crippen molar-refractivity contribution in [2.45, 2.75) is 0 Å². The molecule has 0 radical (unpaired) electrons. The maximum Gasteiger partial charge on any atom is 0.238 e. The van der Waals surface area contributed by atoms with Crippen LogP contribution in [0.5, 0.6) is 0 Å². The van der Waals surface area contributed by atoms with Crippen LogP contribution >= 0.6 is 0 Å². The van der Waals surface area contributed by atoms with Crippen LogP contribution < -0.4 is 0 Å². The van der Waals surface area contributed by atoms with Gasteiger partial charge in [0.2, 0.25) is 11.8 Å². The summed E-state index contributed by atoms with van der Waals surface area (Å²) in [7, 11) is 0. The Balaban J connectivity index is 1.03. The first kappa shape index (κ1) is 37.2. The van der Waals surface area contributed by atoms with Gasteiger partial charge in [0, 0.05) is 49.5 Å². The standard InChI is InChI=1S/C60H36N6O/c1-3-16-38(17-4-1)57-62-58(42-31-32-45-41(35-42)30-29-37-15-7-8-22-44(37)45)64-60(63-57)66-53-28-12-10-24-48(53)50-34-33-49-47-23-9-11-27-52(47)65(54(49)55(50)66)43-21-13-20-40(36-43)46-25-14-26-51-56(46)67-59(61-51)39-18-5-2-6-19-39/h1-36H. The highest BCUT2D eigenvalue weighted by atomic mass is 16.3. The van der Waals surface area contributed by atoms with Gasteiger partial charge in [-0.1, -0.05) is 170 Å². The summed E-state index contributed by atoms with van der Waals surface area (Å²) in [4.78, 5) is 20.9. The zero-order valence-electron chi connectivity index (χ0n) is 35.9. The van der Waals surface area contributed by atoms with Crippen molar-refractivity contribution in [3.05, 3.63) is 218 Å². The fourth-order valence-corrected chi connectivity index (χ4v) is 10.1. The molecular formula is C60H36N6O. The summed E-state index contributed by atoms with van der Waals surface area (Å²) in [5.41, 5.74) is 11.5. The average Bonchev–Trinajstić information content (AvgIpc) is 4.10. The molecule has 7 nitrogen and oxygen atoms in total. The topological polar surface area (TPSA) is 74.6 Å². The monoisotopic (exact) mass is 856 g/mol. The fraction of sp³-hybridized carbons (Fsp3) is 0. The lowest BCUT2D eigenvalue weighted by Crippen LogP contribution is -2.07. The van der Waals surface area contributed by atoms with Crippen molar-refractivity contribution >= 4 is 76.3 Å². The van der Waals surface area contributed by atoms with Gasteiger partial charge < -0.3 is 8.98 Å². The van der Waals surface area contributed by atoms with E-state index in [0.29, 0.717) is 23.5 Å². The quantitative estimate of drug-likeness (QED) is 0.156. The van der Waals surface area contributed by atoms with Gasteiger partial charge in [-0.15, -0.1) is 0 Å². The van der Waals surface area contributed by atoms with Crippen LogP contribution in [0.4, 0.5) is 0 Å². The van der Waals surface area contributed by atoms with E-state index in [2.05, 4.69) is 173 Å². The average molecular weight is 857 g/mol. The molecule has 0 aliphatic carbocycles. The zero-order valence-corrected chi connectivity index (χ0v) is 35.9. The van der Waals surface area contributed by atoms with Crippen molar-refractivity contribution in [3.63, 3.8) is 0 Å². The van der Waals surface area contributed by atoms with E-state index in [0.717, 1.165) is 93.6 Å². The highest BCUT2D eigenvalue weighted by Crippen LogP contribution is 2.43. The van der Waals surface area contributed by atoms with Crippen molar-refractivity contribution in [2.24, 2.45) is 0 Å². The second kappa shape index (κ2) is 14.7. The molecule has 312 valence electrons. The summed E-state index contributed by atoms with van der Waals surface area (Å²) in [6, 6.07) is 76.4. The number of hydrogen-bond acceptors (Lipinski definition) is 5. The number of fused-ring (bicyclic) bond motifs is 11. The highest BCUT2D eigenvalue weighted by Gasteiger charge is 2.24. The van der Waals surface area contributed by atoms with Crippen LogP contribution in [0.15, 0.2) is 223 Å². The Morgan fingerprint density at radius 2 is 0.925 bits per heavy atom. The fourth-order valence-electron chi connectivity index (χ4n) is 10.1. The van der Waals surface area contributed by atoms with Gasteiger partial charge >= 0.3 is 0 Å². The van der Waals surface area contributed by atoms with Crippen LogP contribution in [0.1, 0.15) is 0 Å². The Bertz CT molecular complexity index is 4280. The Morgan fingerprint density at radius 3 is 1.70 bits per heavy atom. The summed E-state index contributed by atoms with van der Waals surface area (Å²) < 4.78 is 11.2. The molecular weight excluding hydrogens is 821 g/mol. The third-order valence-corrected chi connectivity index (χ3v) is 13.2. The summed E-state index contributed by atoms with van der Waals surface area (Å²) >= 11 is 0. The lowest BCUT2D eigenvalue weighted by atomic mass is 10.00. The summed E-state index contributed by atoms with van der Waals surface area (Å²) in [6.07, 6.45) is 0. The van der Waals surface area contributed by atoms with E-state index >= 15 is 0 Å². The predicted molar refractivity (Wildman–Crippen MR) is 273 cm³/mol. The maximum atomic E-state index is 6.55. The first-order valence-corrected chi connectivity index (χ1v) is 22.5. The lowest BCUT2D eigenvalue weighted by molar-refractivity contribution is 0.621. The SMILES string of the molecule is c1ccc(-c2nc(-c3ccc4c(ccc5ccccc54)c3)nc(-n3c4ccccc4c4ccc5c6ccccc6n(-c6cccc(-c7cccc8nc(-c9ccccc9)oc78)c6)c5c43)n2)cc1. The number of para-hydroxylation sites is 3. The molecule has 67 heavy (non-hydrogen) atoms. The predicted octanol–water partition coefficient (Wildman–Crippen LogP) is 15.2. The molecule has 0 atom stereocenters. The minimum absolute atomic E-state index is 0.540. The van der Waals surface area contributed by atoms with E-state index in [1.54, 1.807) is 0 Å². The van der Waals surface area contributed by atoms with Crippen LogP contribution in [-0.2, 0) is 0 Å². The largest absolute Gasteiger partial charge is 0.435 e. The van der Waals surface area contributed by atoms with Crippen LogP contribution in [0.2, 0.25) is 0 Å². The van der Waals surface area contributed by atoms with Gasteiger partial charge in [0.15, 0.2) is 17.2 Å². The number of hydrogen-bond donors (Lipinski definition) is 0. The molecule has 14 rings (SSSR count). The molecule has 0 N–H and O–H groups in total. The van der Waals surface area contributed by atoms with Gasteiger partial charge in [0.1, 0.15) is 5.52 Å². The summed E-state index contributed by atoms with van der Waals surface area (Å²) in [5.74, 6) is 2.34. The van der Waals surface area contributed by atoms with Crippen molar-refractivity contribution in [1.29, 1.82) is 0 Å². The molecule has 14 aromatic rings. The molecule has 0 fully saturated rings. The van der Waals surface area contributed by atoms with Crippen molar-refractivity contribution in [2.75, 3.05) is 0 Å². The molecule has 0 saturated heterocycles. The number of benzene rings is 10. The van der Waals surface area contributed by atoms with Gasteiger partial charge in [0.05, 0.1) is 22.1 Å². The molecule has 0 unspecified atom stereocenters. The van der Waals surface area contributed by atoms with Crippen LogP contribution in [0.25, 0.3) is 133 Å². The third kappa shape index (κ3) is 5.85.